The Morgan fingerprint density at radius 1 is 1.41 bits per heavy atom. The van der Waals surface area contributed by atoms with Crippen molar-refractivity contribution in [1.82, 2.24) is 19.7 Å². The number of pyridine rings is 1. The van der Waals surface area contributed by atoms with Crippen molar-refractivity contribution in [3.8, 4) is 0 Å². The Kier molecular flexibility index (Phi) is 2.87. The lowest BCUT2D eigenvalue weighted by atomic mass is 10.1. The third-order valence-electron chi connectivity index (χ3n) is 4.51. The number of hydrogen-bond donors (Lipinski definition) is 2. The molecule has 1 aliphatic carbocycles. The summed E-state index contributed by atoms with van der Waals surface area (Å²) in [7, 11) is 1.72. The fraction of sp³-hybridized carbons (Fsp3) is 0.533. The van der Waals surface area contributed by atoms with Crippen LogP contribution < -0.4 is 5.56 Å². The van der Waals surface area contributed by atoms with E-state index in [-0.39, 0.29) is 11.5 Å². The number of aromatic nitrogens is 3. The molecule has 0 radical (unpaired) electrons. The van der Waals surface area contributed by atoms with Gasteiger partial charge in [0.2, 0.25) is 0 Å². The molecule has 4 rings (SSSR count). The number of aromatic amines is 1. The maximum absolute atomic E-state index is 12.8. The van der Waals surface area contributed by atoms with Crippen LogP contribution >= 0.6 is 0 Å². The molecule has 7 heteroatoms. The normalized spacial score (nSPS) is 21.7. The molecule has 1 amide bonds. The van der Waals surface area contributed by atoms with E-state index in [0.717, 1.165) is 18.5 Å². The Hall–Kier alpha value is -2.15. The number of H-pyrrole nitrogens is 1. The van der Waals surface area contributed by atoms with Gasteiger partial charge in [-0.1, -0.05) is 0 Å². The molecule has 0 spiro atoms. The predicted molar refractivity (Wildman–Crippen MR) is 79.8 cm³/mol. The van der Waals surface area contributed by atoms with E-state index in [9.17, 15) is 14.7 Å². The van der Waals surface area contributed by atoms with Crippen LogP contribution in [0.3, 0.4) is 0 Å². The second-order valence-electron chi connectivity index (χ2n) is 6.26. The molecule has 1 unspecified atom stereocenters. The summed E-state index contributed by atoms with van der Waals surface area (Å²) in [5, 5.41) is 12.7. The van der Waals surface area contributed by atoms with E-state index in [1.54, 1.807) is 22.7 Å². The highest BCUT2D eigenvalue weighted by Crippen LogP contribution is 2.40. The van der Waals surface area contributed by atoms with Crippen LogP contribution in [0, 0.1) is 0 Å². The summed E-state index contributed by atoms with van der Waals surface area (Å²) >= 11 is 0. The average Bonchev–Trinajstić information content (AvgIpc) is 3.20. The van der Waals surface area contributed by atoms with Gasteiger partial charge in [0.25, 0.3) is 11.5 Å². The number of aryl methyl sites for hydroxylation is 1. The Balaban J connectivity index is 1.87. The zero-order valence-electron chi connectivity index (χ0n) is 12.4. The van der Waals surface area contributed by atoms with Crippen molar-refractivity contribution in [3.05, 3.63) is 27.7 Å². The standard InChI is InChI=1S/C15H18N4O3/c1-18-13-12(14(21)17-18)10(6-11(16-13)8-2-3-8)15(22)19-5-4-9(20)7-19/h6,8-9,20H,2-5,7H2,1H3,(H,17,21). The van der Waals surface area contributed by atoms with Crippen LogP contribution in [-0.2, 0) is 7.05 Å². The van der Waals surface area contributed by atoms with Crippen molar-refractivity contribution < 1.29 is 9.90 Å². The number of nitrogens with zero attached hydrogens (tertiary/aromatic N) is 3. The summed E-state index contributed by atoms with van der Waals surface area (Å²) in [4.78, 5) is 31.1. The first-order chi connectivity index (χ1) is 10.5. The zero-order chi connectivity index (χ0) is 15.4. The molecule has 7 nitrogen and oxygen atoms in total. The molecule has 1 saturated heterocycles. The van der Waals surface area contributed by atoms with Gasteiger partial charge in [0.05, 0.1) is 17.1 Å². The molecule has 2 fully saturated rings. The Morgan fingerprint density at radius 3 is 2.82 bits per heavy atom. The van der Waals surface area contributed by atoms with Crippen molar-refractivity contribution in [3.63, 3.8) is 0 Å². The molecule has 2 aromatic heterocycles. The van der Waals surface area contributed by atoms with Crippen LogP contribution in [0.2, 0.25) is 0 Å². The molecule has 0 bridgehead atoms. The quantitative estimate of drug-likeness (QED) is 0.837. The minimum atomic E-state index is -0.474. The number of fused-ring (bicyclic) bond motifs is 1. The van der Waals surface area contributed by atoms with Crippen molar-refractivity contribution in [2.24, 2.45) is 7.05 Å². The molecule has 1 saturated carbocycles. The summed E-state index contributed by atoms with van der Waals surface area (Å²) in [6, 6.07) is 1.77. The van der Waals surface area contributed by atoms with E-state index < -0.39 is 6.10 Å². The van der Waals surface area contributed by atoms with Crippen molar-refractivity contribution in [2.75, 3.05) is 13.1 Å². The first kappa shape index (κ1) is 13.5. The van der Waals surface area contributed by atoms with E-state index >= 15 is 0 Å². The number of likely N-dealkylation sites (tertiary alicyclic amines) is 1. The molecule has 1 aliphatic heterocycles. The number of rotatable bonds is 2. The van der Waals surface area contributed by atoms with E-state index in [1.165, 1.54) is 0 Å². The fourth-order valence-electron chi connectivity index (χ4n) is 3.13. The second kappa shape index (κ2) is 4.67. The molecule has 2 aliphatic rings. The van der Waals surface area contributed by atoms with Gasteiger partial charge in [-0.05, 0) is 25.3 Å². The minimum Gasteiger partial charge on any atom is -0.391 e. The van der Waals surface area contributed by atoms with Gasteiger partial charge in [-0.3, -0.25) is 19.4 Å². The van der Waals surface area contributed by atoms with Crippen LogP contribution in [0.1, 0.15) is 41.2 Å². The molecular weight excluding hydrogens is 284 g/mol. The number of aliphatic hydroxyl groups is 1. The second-order valence-corrected chi connectivity index (χ2v) is 6.26. The lowest BCUT2D eigenvalue weighted by molar-refractivity contribution is 0.0766. The molecule has 2 N–H and O–H groups in total. The number of aliphatic hydroxyl groups excluding tert-OH is 1. The van der Waals surface area contributed by atoms with Crippen LogP contribution in [0.25, 0.3) is 11.0 Å². The SMILES string of the molecule is Cn1[nH]c(=O)c2c(C(=O)N3CCC(O)C3)cc(C3CC3)nc21. The Labute approximate surface area is 126 Å². The minimum absolute atomic E-state index is 0.192. The number of nitrogens with one attached hydrogen (secondary N) is 1. The van der Waals surface area contributed by atoms with Gasteiger partial charge >= 0.3 is 0 Å². The highest BCUT2D eigenvalue weighted by atomic mass is 16.3. The molecule has 0 aromatic carbocycles. The number of amides is 1. The van der Waals surface area contributed by atoms with Crippen molar-refractivity contribution in [2.45, 2.75) is 31.3 Å². The van der Waals surface area contributed by atoms with Gasteiger partial charge in [-0.2, -0.15) is 0 Å². The number of carbonyl (C=O) groups is 1. The van der Waals surface area contributed by atoms with Crippen molar-refractivity contribution in [1.29, 1.82) is 0 Å². The summed E-state index contributed by atoms with van der Waals surface area (Å²) < 4.78 is 1.57. The average molecular weight is 302 g/mol. The number of β-amino-alcohol motifs (C(OH)–C–C–N with tert-alkyl or cyclic N) is 1. The Morgan fingerprint density at radius 2 is 2.18 bits per heavy atom. The monoisotopic (exact) mass is 302 g/mol. The highest BCUT2D eigenvalue weighted by Gasteiger charge is 2.31. The molecule has 1 atom stereocenters. The number of hydrogen-bond acceptors (Lipinski definition) is 4. The van der Waals surface area contributed by atoms with Gasteiger partial charge in [-0.25, -0.2) is 4.98 Å². The Bertz CT molecular complexity index is 818. The summed E-state index contributed by atoms with van der Waals surface area (Å²) in [6.07, 6.45) is 2.26. The van der Waals surface area contributed by atoms with Gasteiger partial charge in [0.1, 0.15) is 0 Å². The molecular formula is C15H18N4O3. The van der Waals surface area contributed by atoms with Crippen LogP contribution in [0.5, 0.6) is 0 Å². The third kappa shape index (κ3) is 2.04. The zero-order valence-corrected chi connectivity index (χ0v) is 12.4. The topological polar surface area (TPSA) is 91.2 Å². The first-order valence-electron chi connectivity index (χ1n) is 7.61. The third-order valence-corrected chi connectivity index (χ3v) is 4.51. The lowest BCUT2D eigenvalue weighted by Crippen LogP contribution is -2.30. The van der Waals surface area contributed by atoms with E-state index in [1.807, 2.05) is 0 Å². The van der Waals surface area contributed by atoms with Crippen LogP contribution in [0.15, 0.2) is 10.9 Å². The van der Waals surface area contributed by atoms with Crippen LogP contribution in [-0.4, -0.2) is 49.9 Å². The first-order valence-corrected chi connectivity index (χ1v) is 7.61. The lowest BCUT2D eigenvalue weighted by Gasteiger charge is -2.16. The largest absolute Gasteiger partial charge is 0.391 e. The van der Waals surface area contributed by atoms with Crippen LogP contribution in [0.4, 0.5) is 0 Å². The molecule has 3 heterocycles. The predicted octanol–water partition coefficient (Wildman–Crippen LogP) is 0.346. The summed E-state index contributed by atoms with van der Waals surface area (Å²) in [5.74, 6) is 0.202. The van der Waals surface area contributed by atoms with Crippen molar-refractivity contribution >= 4 is 16.9 Å². The van der Waals surface area contributed by atoms with Gasteiger partial charge < -0.3 is 10.0 Å². The van der Waals surface area contributed by atoms with Gasteiger partial charge in [0, 0.05) is 31.7 Å². The maximum Gasteiger partial charge on any atom is 0.274 e. The number of carbonyl (C=O) groups excluding carboxylic acids is 1. The molecule has 22 heavy (non-hydrogen) atoms. The van der Waals surface area contributed by atoms with E-state index in [4.69, 9.17) is 0 Å². The van der Waals surface area contributed by atoms with Gasteiger partial charge in [0.15, 0.2) is 5.65 Å². The highest BCUT2D eigenvalue weighted by molar-refractivity contribution is 6.05. The van der Waals surface area contributed by atoms with E-state index in [0.29, 0.717) is 42.0 Å². The summed E-state index contributed by atoms with van der Waals surface area (Å²) in [6.45, 7) is 0.847. The molecule has 2 aromatic rings. The van der Waals surface area contributed by atoms with E-state index in [2.05, 4.69) is 10.1 Å². The fourth-order valence-corrected chi connectivity index (χ4v) is 3.13. The molecule has 116 valence electrons. The smallest absolute Gasteiger partial charge is 0.274 e. The van der Waals surface area contributed by atoms with Gasteiger partial charge in [-0.15, -0.1) is 0 Å². The maximum atomic E-state index is 12.8. The summed E-state index contributed by atoms with van der Waals surface area (Å²) in [5.41, 5.74) is 1.51.